The van der Waals surface area contributed by atoms with Crippen LogP contribution in [0.15, 0.2) is 103 Å². The number of H-pyrrole nitrogens is 1. The van der Waals surface area contributed by atoms with Gasteiger partial charge in [0, 0.05) is 32.5 Å². The maximum atomic E-state index is 14.2. The van der Waals surface area contributed by atoms with Gasteiger partial charge < -0.3 is 9.72 Å². The molecule has 0 fully saturated rings. The smallest absolute Gasteiger partial charge is 0.264 e. The summed E-state index contributed by atoms with van der Waals surface area (Å²) in [7, 11) is 0. The van der Waals surface area contributed by atoms with Gasteiger partial charge in [0.1, 0.15) is 11.6 Å². The highest BCUT2D eigenvalue weighted by Crippen LogP contribution is 2.50. The lowest BCUT2D eigenvalue weighted by Crippen LogP contribution is -2.41. The molecule has 0 saturated heterocycles. The summed E-state index contributed by atoms with van der Waals surface area (Å²) in [5.74, 6) is -0.524. The summed E-state index contributed by atoms with van der Waals surface area (Å²) in [4.78, 5) is 16.0. The van der Waals surface area contributed by atoms with Crippen LogP contribution in [0.2, 0.25) is 0 Å². The number of para-hydroxylation sites is 2. The Balaban J connectivity index is 1.66. The van der Waals surface area contributed by atoms with Crippen molar-refractivity contribution < 1.29 is 14.1 Å². The van der Waals surface area contributed by atoms with Gasteiger partial charge in [0.15, 0.2) is 6.10 Å². The van der Waals surface area contributed by atoms with E-state index in [1.807, 2.05) is 78.9 Å². The first-order valence-electron chi connectivity index (χ1n) is 11.4. The molecule has 0 saturated carbocycles. The summed E-state index contributed by atoms with van der Waals surface area (Å²) in [5.41, 5.74) is 4.68. The third kappa shape index (κ3) is 3.54. The van der Waals surface area contributed by atoms with Crippen molar-refractivity contribution in [1.29, 1.82) is 0 Å². The number of nitrogens with one attached hydrogen (secondary N) is 1. The number of nitrogens with zero attached hydrogens (tertiary/aromatic N) is 1. The third-order valence-electron chi connectivity index (χ3n) is 6.70. The van der Waals surface area contributed by atoms with E-state index in [1.54, 1.807) is 12.1 Å². The van der Waals surface area contributed by atoms with Crippen LogP contribution in [0.25, 0.3) is 22.2 Å². The summed E-state index contributed by atoms with van der Waals surface area (Å²) >= 11 is 0. The van der Waals surface area contributed by atoms with Gasteiger partial charge in [0.05, 0.1) is 11.6 Å². The van der Waals surface area contributed by atoms with Crippen LogP contribution in [-0.2, 0) is 0 Å². The number of aromatic nitrogens is 1. The molecule has 3 atom stereocenters. The van der Waals surface area contributed by atoms with Crippen LogP contribution in [0, 0.1) is 15.9 Å². The summed E-state index contributed by atoms with van der Waals surface area (Å²) in [6, 6.07) is 29.8. The van der Waals surface area contributed by atoms with Gasteiger partial charge in [-0.3, -0.25) is 10.1 Å². The number of hydrogen-bond acceptors (Lipinski definition) is 3. The van der Waals surface area contributed by atoms with Crippen LogP contribution in [0.5, 0.6) is 5.75 Å². The first-order valence-corrected chi connectivity index (χ1v) is 11.4. The molecule has 1 N–H and O–H groups in total. The molecule has 6 rings (SSSR count). The average Bonchev–Trinajstić information content (AvgIpc) is 3.27. The minimum absolute atomic E-state index is 0.285. The number of aromatic amines is 1. The lowest BCUT2D eigenvalue weighted by molar-refractivity contribution is -0.538. The Hall–Kier alpha value is -4.45. The van der Waals surface area contributed by atoms with Gasteiger partial charge in [0.2, 0.25) is 0 Å². The molecule has 0 radical (unpaired) electrons. The van der Waals surface area contributed by atoms with Crippen molar-refractivity contribution in [2.24, 2.45) is 0 Å². The zero-order chi connectivity index (χ0) is 23.9. The van der Waals surface area contributed by atoms with Crippen molar-refractivity contribution >= 4 is 10.9 Å². The lowest BCUT2D eigenvalue weighted by atomic mass is 9.77. The minimum Gasteiger partial charge on any atom is -0.478 e. The predicted octanol–water partition coefficient (Wildman–Crippen LogP) is 6.88. The molecule has 1 aromatic heterocycles. The predicted molar refractivity (Wildman–Crippen MR) is 133 cm³/mol. The van der Waals surface area contributed by atoms with Crippen molar-refractivity contribution in [2.75, 3.05) is 0 Å². The molecular weight excluding hydrogens is 443 g/mol. The molecular formula is C29H21FN2O3. The van der Waals surface area contributed by atoms with E-state index in [9.17, 15) is 14.5 Å². The highest BCUT2D eigenvalue weighted by atomic mass is 19.1. The number of nitro groups is 1. The average molecular weight is 464 g/mol. The van der Waals surface area contributed by atoms with Gasteiger partial charge in [-0.2, -0.15) is 0 Å². The number of rotatable bonds is 4. The van der Waals surface area contributed by atoms with Crippen molar-refractivity contribution in [3.63, 3.8) is 0 Å². The minimum atomic E-state index is -1.17. The lowest BCUT2D eigenvalue weighted by Gasteiger charge is -2.35. The quantitative estimate of drug-likeness (QED) is 0.233. The number of halogens is 1. The van der Waals surface area contributed by atoms with Crippen LogP contribution >= 0.6 is 0 Å². The maximum absolute atomic E-state index is 14.2. The largest absolute Gasteiger partial charge is 0.478 e. The van der Waals surface area contributed by atoms with Crippen molar-refractivity contribution in [3.05, 3.63) is 136 Å². The van der Waals surface area contributed by atoms with E-state index >= 15 is 0 Å². The van der Waals surface area contributed by atoms with Gasteiger partial charge in [-0.05, 0) is 29.8 Å². The van der Waals surface area contributed by atoms with E-state index in [1.165, 1.54) is 12.1 Å². The molecule has 3 unspecified atom stereocenters. The van der Waals surface area contributed by atoms with Crippen LogP contribution in [0.4, 0.5) is 4.39 Å². The number of ether oxygens (including phenoxy) is 1. The second kappa shape index (κ2) is 8.40. The fourth-order valence-corrected chi connectivity index (χ4v) is 5.24. The zero-order valence-electron chi connectivity index (χ0n) is 18.6. The fourth-order valence-electron chi connectivity index (χ4n) is 5.24. The summed E-state index contributed by atoms with van der Waals surface area (Å²) in [5, 5.41) is 13.7. The SMILES string of the molecule is O=[N+]([O-])C1C(c2cccc(F)c2)Oc2ccccc2C1c1c(-c2ccccc2)[nH]c2ccccc12. The summed E-state index contributed by atoms with van der Waals surface area (Å²) in [6.07, 6.45) is -0.960. The molecule has 4 aromatic carbocycles. The van der Waals surface area contributed by atoms with Crippen LogP contribution in [-0.4, -0.2) is 15.9 Å². The molecule has 35 heavy (non-hydrogen) atoms. The number of fused-ring (bicyclic) bond motifs is 2. The highest BCUT2D eigenvalue weighted by Gasteiger charge is 2.49. The molecule has 6 heteroatoms. The molecule has 0 aliphatic carbocycles. The monoisotopic (exact) mass is 464 g/mol. The Morgan fingerprint density at radius 1 is 0.857 bits per heavy atom. The van der Waals surface area contributed by atoms with Crippen LogP contribution < -0.4 is 4.74 Å². The number of benzene rings is 4. The van der Waals surface area contributed by atoms with Crippen LogP contribution in [0.1, 0.15) is 28.7 Å². The van der Waals surface area contributed by atoms with E-state index in [4.69, 9.17) is 4.74 Å². The first kappa shape index (κ1) is 21.1. The molecule has 2 heterocycles. The fraction of sp³-hybridized carbons (Fsp3) is 0.103. The Bertz CT molecular complexity index is 1550. The van der Waals surface area contributed by atoms with E-state index in [-0.39, 0.29) is 4.92 Å². The second-order valence-corrected chi connectivity index (χ2v) is 8.71. The standard InChI is InChI=1S/C29H21FN2O3/c30-20-12-8-11-19(17-20)29-28(32(33)34)26(22-14-5-7-16-24(22)35-29)25-21-13-4-6-15-23(21)31-27(25)18-9-2-1-3-10-18/h1-17,26,28-29,31H. The third-order valence-corrected chi connectivity index (χ3v) is 6.70. The molecule has 1 aliphatic rings. The second-order valence-electron chi connectivity index (χ2n) is 8.71. The van der Waals surface area contributed by atoms with E-state index in [2.05, 4.69) is 4.98 Å². The highest BCUT2D eigenvalue weighted by molar-refractivity contribution is 5.92. The van der Waals surface area contributed by atoms with Gasteiger partial charge in [-0.1, -0.05) is 78.9 Å². The van der Waals surface area contributed by atoms with Crippen molar-refractivity contribution in [1.82, 2.24) is 4.98 Å². The van der Waals surface area contributed by atoms with Crippen molar-refractivity contribution in [2.45, 2.75) is 18.1 Å². The maximum Gasteiger partial charge on any atom is 0.264 e. The molecule has 0 amide bonds. The van der Waals surface area contributed by atoms with Crippen LogP contribution in [0.3, 0.4) is 0 Å². The Kier molecular flexibility index (Phi) is 5.07. The molecule has 0 bridgehead atoms. The summed E-state index contributed by atoms with van der Waals surface area (Å²) in [6.45, 7) is 0. The van der Waals surface area contributed by atoms with Gasteiger partial charge in [-0.25, -0.2) is 4.39 Å². The zero-order valence-corrected chi connectivity index (χ0v) is 18.6. The van der Waals surface area contributed by atoms with E-state index in [0.717, 1.165) is 33.3 Å². The van der Waals surface area contributed by atoms with Gasteiger partial charge >= 0.3 is 0 Å². The summed E-state index contributed by atoms with van der Waals surface area (Å²) < 4.78 is 20.4. The molecule has 5 aromatic rings. The van der Waals surface area contributed by atoms with Crippen molar-refractivity contribution in [3.8, 4) is 17.0 Å². The normalized spacial score (nSPS) is 19.2. The van der Waals surface area contributed by atoms with E-state index < -0.39 is 23.9 Å². The first-order chi connectivity index (χ1) is 17.1. The van der Waals surface area contributed by atoms with E-state index in [0.29, 0.717) is 11.3 Å². The van der Waals surface area contributed by atoms with Gasteiger partial charge in [-0.15, -0.1) is 0 Å². The molecule has 172 valence electrons. The molecule has 5 nitrogen and oxygen atoms in total. The number of hydrogen-bond donors (Lipinski definition) is 1. The topological polar surface area (TPSA) is 68.2 Å². The van der Waals surface area contributed by atoms with Gasteiger partial charge in [0.25, 0.3) is 6.04 Å². The molecule has 1 aliphatic heterocycles. The Morgan fingerprint density at radius 2 is 1.60 bits per heavy atom. The Morgan fingerprint density at radius 3 is 2.40 bits per heavy atom. The molecule has 0 spiro atoms. The Labute approximate surface area is 201 Å².